The molecule has 6 aliphatic rings. The number of carbonyl (C=O) groups is 4. The van der Waals surface area contributed by atoms with Crippen molar-refractivity contribution in [1.29, 1.82) is 0 Å². The highest BCUT2D eigenvalue weighted by Crippen LogP contribution is 2.49. The zero-order valence-electron chi connectivity index (χ0n) is 56.4. The van der Waals surface area contributed by atoms with Crippen LogP contribution in [0.5, 0.6) is 17.2 Å². The van der Waals surface area contributed by atoms with Gasteiger partial charge in [-0.2, -0.15) is 5.48 Å². The highest BCUT2D eigenvalue weighted by atomic mass is 127. The van der Waals surface area contributed by atoms with Crippen molar-refractivity contribution in [3.63, 3.8) is 0 Å². The predicted molar refractivity (Wildman–Crippen MR) is 369 cm³/mol. The van der Waals surface area contributed by atoms with E-state index in [1.54, 1.807) is 61.6 Å². The van der Waals surface area contributed by atoms with Crippen molar-refractivity contribution in [2.75, 3.05) is 59.8 Å². The topological polar surface area (TPSA) is 343 Å². The molecule has 2 aromatic carbocycles. The Hall–Kier alpha value is -4.60. The quantitative estimate of drug-likeness (QED) is 0.0163. The Labute approximate surface area is 591 Å². The molecule has 9 N–H and O–H groups in total. The third-order valence-corrected chi connectivity index (χ3v) is 23.0. The van der Waals surface area contributed by atoms with Gasteiger partial charge in [-0.05, 0) is 92.6 Å². The Morgan fingerprint density at radius 1 is 0.866 bits per heavy atom. The van der Waals surface area contributed by atoms with E-state index < -0.39 is 151 Å². The summed E-state index contributed by atoms with van der Waals surface area (Å²) in [4.78, 5) is 63.9. The van der Waals surface area contributed by atoms with Crippen LogP contribution in [-0.2, 0) is 63.6 Å². The molecule has 534 valence electrons. The monoisotopic (exact) mass is 1520 g/mol. The number of hydrogen-bond acceptors (Lipinski definition) is 27. The van der Waals surface area contributed by atoms with Crippen LogP contribution < -0.4 is 30.7 Å². The zero-order chi connectivity index (χ0) is 70.8. The summed E-state index contributed by atoms with van der Waals surface area (Å²) in [6.07, 6.45) is -14.5. The maximum Gasteiger partial charge on any atom is 0.322 e. The second kappa shape index (κ2) is 34.8. The van der Waals surface area contributed by atoms with Crippen LogP contribution in [0.1, 0.15) is 95.6 Å². The second-order valence-electron chi connectivity index (χ2n) is 24.8. The minimum atomic E-state index is -2.08. The van der Waals surface area contributed by atoms with Gasteiger partial charge in [-0.3, -0.25) is 19.2 Å². The van der Waals surface area contributed by atoms with E-state index in [4.69, 9.17) is 67.4 Å². The first kappa shape index (κ1) is 78.1. The fraction of sp³-hybridized carbons (Fsp3) is 0.612. The molecule has 4 aliphatic heterocycles. The van der Waals surface area contributed by atoms with E-state index in [1.807, 2.05) is 41.6 Å². The number of amides is 2. The molecule has 0 spiro atoms. The van der Waals surface area contributed by atoms with E-state index in [-0.39, 0.29) is 70.3 Å². The minimum Gasteiger partial charge on any atom is -0.492 e. The lowest BCUT2D eigenvalue weighted by atomic mass is 9.72. The van der Waals surface area contributed by atoms with Crippen molar-refractivity contribution in [2.45, 2.75) is 208 Å². The number of fused-ring (bicyclic) bond motifs is 2. The lowest BCUT2D eigenvalue weighted by molar-refractivity contribution is -0.337. The number of nitrogens with zero attached hydrogens (tertiary/aromatic N) is 1. The Morgan fingerprint density at radius 2 is 1.57 bits per heavy atom. The summed E-state index contributed by atoms with van der Waals surface area (Å²) in [5.41, 5.74) is 8.82. The van der Waals surface area contributed by atoms with E-state index in [1.165, 1.54) is 58.5 Å². The number of urea groups is 1. The number of benzene rings is 2. The molecule has 2 bridgehead atoms. The number of allylic oxidation sites excluding steroid dienone is 2. The third-order valence-electron chi connectivity index (χ3n) is 17.2. The van der Waals surface area contributed by atoms with Crippen LogP contribution in [0.15, 0.2) is 59.2 Å². The molecule has 97 heavy (non-hydrogen) atoms. The van der Waals surface area contributed by atoms with Gasteiger partial charge in [0.05, 0.1) is 97.8 Å². The molecule has 30 heteroatoms. The zero-order valence-corrected chi connectivity index (χ0v) is 61.0. The summed E-state index contributed by atoms with van der Waals surface area (Å²) in [6.45, 7) is 15.1. The van der Waals surface area contributed by atoms with E-state index in [2.05, 4.69) is 55.2 Å². The van der Waals surface area contributed by atoms with E-state index in [9.17, 15) is 44.7 Å². The second-order valence-corrected chi connectivity index (χ2v) is 30.2. The normalized spacial score (nSPS) is 32.8. The number of esters is 1. The van der Waals surface area contributed by atoms with Gasteiger partial charge in [-0.25, -0.2) is 4.79 Å². The molecular formula is C67H89IN4O22S3. The summed E-state index contributed by atoms with van der Waals surface area (Å²) in [7, 11) is 9.85. The maximum absolute atomic E-state index is 14.6. The molecule has 0 radical (unpaired) electrons. The summed E-state index contributed by atoms with van der Waals surface area (Å²) in [5.74, 6) is 10.8. The Bertz CT molecular complexity index is 3340. The fourth-order valence-electron chi connectivity index (χ4n) is 12.1. The summed E-state index contributed by atoms with van der Waals surface area (Å²) in [6, 6.07) is 4.96. The molecule has 26 nitrogen and oxygen atoms in total. The molecule has 0 unspecified atom stereocenters. The van der Waals surface area contributed by atoms with Crippen LogP contribution in [-0.4, -0.2) is 228 Å². The van der Waals surface area contributed by atoms with Crippen LogP contribution >= 0.6 is 55.9 Å². The van der Waals surface area contributed by atoms with Gasteiger partial charge < -0.3 is 98.3 Å². The number of aliphatic hydroxyl groups excluding tert-OH is 4. The van der Waals surface area contributed by atoms with Crippen LogP contribution in [0.2, 0.25) is 0 Å². The van der Waals surface area contributed by atoms with Gasteiger partial charge in [0.1, 0.15) is 36.6 Å². The van der Waals surface area contributed by atoms with Crippen LogP contribution in [0.4, 0.5) is 10.5 Å². The van der Waals surface area contributed by atoms with Gasteiger partial charge in [0, 0.05) is 73.1 Å². The average molecular weight is 1530 g/mol. The number of thioether (sulfide) groups is 1. The molecular weight excluding hydrogens is 1440 g/mol. The molecule has 8 rings (SSSR count). The molecule has 4 saturated heterocycles. The first-order valence-electron chi connectivity index (χ1n) is 31.7. The van der Waals surface area contributed by atoms with Gasteiger partial charge in [-0.15, -0.1) is 0 Å². The number of Topliss-reactive ketones (excluding diaryl/α,β-unsaturated/α-hetero) is 1. The number of halogens is 1. The van der Waals surface area contributed by atoms with Crippen molar-refractivity contribution in [3.05, 3.63) is 79.5 Å². The summed E-state index contributed by atoms with van der Waals surface area (Å²) in [5, 5.41) is 60.5. The smallest absolute Gasteiger partial charge is 0.322 e. The summed E-state index contributed by atoms with van der Waals surface area (Å²) < 4.78 is 73.5. The molecule has 2 aliphatic carbocycles. The Morgan fingerprint density at radius 3 is 2.21 bits per heavy atom. The van der Waals surface area contributed by atoms with E-state index in [0.717, 1.165) is 17.3 Å². The number of hydroxylamine groups is 1. The number of likely N-dealkylation sites (N-methyl/N-ethyl adjacent to an activating group) is 1. The van der Waals surface area contributed by atoms with Gasteiger partial charge in [0.25, 0.3) is 0 Å². The van der Waals surface area contributed by atoms with E-state index >= 15 is 0 Å². The first-order chi connectivity index (χ1) is 46.1. The average Bonchev–Trinajstić information content (AvgIpc) is 0.755. The minimum absolute atomic E-state index is 0.0114. The number of rotatable bonds is 24. The maximum atomic E-state index is 14.6. The predicted octanol–water partition coefficient (Wildman–Crippen LogP) is 5.37. The van der Waals surface area contributed by atoms with Crippen molar-refractivity contribution in [1.82, 2.24) is 10.4 Å². The number of carbonyl (C=O) groups excluding carboxylic acids is 4. The molecule has 19 atom stereocenters. The highest BCUT2D eigenvalue weighted by Gasteiger charge is 2.52. The van der Waals surface area contributed by atoms with Gasteiger partial charge >= 0.3 is 12.0 Å². The van der Waals surface area contributed by atoms with Gasteiger partial charge in [0.2, 0.25) is 17.2 Å². The number of nitrogens with one attached hydrogen (secondary N) is 2. The number of aliphatic hydroxyl groups is 5. The van der Waals surface area contributed by atoms with Crippen molar-refractivity contribution in [3.8, 4) is 40.9 Å². The molecule has 4 heterocycles. The number of ether oxygens (including phenoxy) is 12. The Balaban J connectivity index is 1.05. The lowest BCUT2D eigenvalue weighted by Gasteiger charge is -2.47. The van der Waals surface area contributed by atoms with Gasteiger partial charge in [0.15, 0.2) is 41.8 Å². The highest BCUT2D eigenvalue weighted by molar-refractivity contribution is 14.1. The van der Waals surface area contributed by atoms with E-state index in [0.29, 0.717) is 27.1 Å². The number of methoxy groups -OCH3 is 5. The van der Waals surface area contributed by atoms with Crippen molar-refractivity contribution >= 4 is 84.5 Å². The Kier molecular flexibility index (Phi) is 28.1. The van der Waals surface area contributed by atoms with Crippen molar-refractivity contribution < 1.29 is 106 Å². The number of ketones is 1. The van der Waals surface area contributed by atoms with Gasteiger partial charge in [-0.1, -0.05) is 96.0 Å². The first-order valence-corrected chi connectivity index (χ1v) is 35.9. The number of nitrogens with two attached hydrogens (primary N) is 1. The lowest BCUT2D eigenvalue weighted by Crippen LogP contribution is -2.65. The van der Waals surface area contributed by atoms with Crippen LogP contribution in [0.3, 0.4) is 0 Å². The molecule has 0 aromatic heterocycles. The third kappa shape index (κ3) is 18.6. The standard InChI is InChI=1S/C67H89IN4O22S3/c1-14-72(65(80)70-38-22-20-37(31-69)21-23-38)41-32-87-47(29-45(41)82-9)92-59-54(77)52(34(3)89-64(59)91-44-19-17-15-16-18-25-67(81)30-43(74)39(27-46(75)83-10)50(44)40(67)24-26-95-97-66(6,7)8)71-94-48-28-42(73)61(36(5)88-48)96-62(79)49-33(2)51(68)57(60(86-13)56(49)84-11)93-63-55(78)58(85-12)53(76)35(4)90-63/h15-16,20-24,34-36,41-42,44-45,47-48,52-55,58-59,61,63-64,71,73,76-78,81H,14,26-32,69H2,1-13H3,(H,70,80)/b16-15-,40-24+/t34-,35+,36-,41+,42+,44+,45+,47+,48+,52-,53+,54+,55-,58-,59-,61-,63+,64+,67+/m1/s1. The SMILES string of the molecule is CCN(C(=O)Nc1ccc(CN)cc1)[C@H]1CO[C@@H](O[C@H]2[C@H](O[C@H]3C#C/C=C\C#C[C@]4(O)CC(=O)C(CC(=O)OC)=C3/C4=C\CSSC(C)(C)C)O[C@H](C)[C@@H](NO[C@H]3C[C@H](O)[C@H](SC(=O)c4c(C)c(I)c(O[C@@H]5O[C@@H](C)[C@H](O)[C@@H](OC)[C@H]5O)c(OC)c4OC)[C@@H](C)O3)[C@@H]2O)C[C@@H]1OC. The number of hydrogen-bond donors (Lipinski definition) is 8. The number of anilines is 1. The molecule has 0 saturated carbocycles. The van der Waals surface area contributed by atoms with Crippen molar-refractivity contribution in [2.24, 2.45) is 5.73 Å². The van der Waals surface area contributed by atoms with Crippen LogP contribution in [0, 0.1) is 34.2 Å². The molecule has 4 fully saturated rings. The molecule has 2 aromatic rings. The summed E-state index contributed by atoms with van der Waals surface area (Å²) >= 11 is 2.81. The fourth-order valence-corrected chi connectivity index (χ4v) is 16.0. The largest absolute Gasteiger partial charge is 0.492 e. The molecule has 2 amide bonds. The van der Waals surface area contributed by atoms with Crippen LogP contribution in [0.25, 0.3) is 0 Å².